The number of hydrogen-bond acceptors (Lipinski definition) is 8. The van der Waals surface area contributed by atoms with Crippen LogP contribution in [0.1, 0.15) is 180 Å². The third-order valence-corrected chi connectivity index (χ3v) is 19.3. The first-order valence-corrected chi connectivity index (χ1v) is 24.9. The topological polar surface area (TPSA) is 102 Å². The second-order valence-corrected chi connectivity index (χ2v) is 26.0. The van der Waals surface area contributed by atoms with Crippen molar-refractivity contribution >= 4 is 42.3 Å². The first kappa shape index (κ1) is 50.2. The molecule has 9 atom stereocenters. The number of amides is 1. The van der Waals surface area contributed by atoms with E-state index in [4.69, 9.17) is 38.4 Å². The molecule has 1 aromatic carbocycles. The Balaban J connectivity index is 1.27. The molecule has 0 aliphatic heterocycles. The Morgan fingerprint density at radius 3 is 2.00 bits per heavy atom. The number of rotatable bonds is 10. The Bertz CT molecular complexity index is 1950. The highest BCUT2D eigenvalue weighted by molar-refractivity contribution is 7.82. The number of thiol groups is 1. The maximum Gasteiger partial charge on any atom is 0.410 e. The van der Waals surface area contributed by atoms with Gasteiger partial charge in [0.05, 0.1) is 24.5 Å². The second-order valence-electron chi connectivity index (χ2n) is 24.8. The number of fused-ring (bicyclic) bond motifs is 7. The van der Waals surface area contributed by atoms with Gasteiger partial charge in [0.2, 0.25) is 0 Å². The molecule has 0 radical (unpaired) electrons. The molecular formula is C53H82ClNO7S. The molecule has 1 amide bonds. The minimum atomic E-state index is -1.01. The SMILES string of the molecule is CC(C)C1=C2[C@H]3CC[C@@H]4[C@@]5(C)CC[C@H](OC(=O)CC(C)(C)C(=O)OC(C)(C)C)C(C)(C)C5(S)CC[C@@]4(C)[C@]3(C)CC[C@@]2([C@H](O)CN(Cc2ccc(Cl)cc2)C(=O)OC(C)(C)C)CC1. The summed E-state index contributed by atoms with van der Waals surface area (Å²) in [6, 6.07) is 7.56. The van der Waals surface area contributed by atoms with Crippen LogP contribution in [0.3, 0.4) is 0 Å². The van der Waals surface area contributed by atoms with Crippen molar-refractivity contribution in [2.24, 2.45) is 50.2 Å². The number of carbonyl (C=O) groups excluding carboxylic acids is 3. The number of esters is 2. The van der Waals surface area contributed by atoms with Crippen molar-refractivity contribution in [1.29, 1.82) is 0 Å². The smallest absolute Gasteiger partial charge is 0.410 e. The van der Waals surface area contributed by atoms with E-state index < -0.39 is 50.4 Å². The lowest BCUT2D eigenvalue weighted by Crippen LogP contribution is -2.71. The van der Waals surface area contributed by atoms with Crippen LogP contribution in [0.5, 0.6) is 0 Å². The van der Waals surface area contributed by atoms with Crippen LogP contribution in [0.15, 0.2) is 35.4 Å². The molecule has 4 saturated carbocycles. The second kappa shape index (κ2) is 16.8. The molecule has 10 heteroatoms. The van der Waals surface area contributed by atoms with E-state index in [9.17, 15) is 19.5 Å². The van der Waals surface area contributed by atoms with E-state index in [2.05, 4.69) is 48.5 Å². The van der Waals surface area contributed by atoms with Crippen molar-refractivity contribution in [3.05, 3.63) is 46.0 Å². The van der Waals surface area contributed by atoms with Crippen molar-refractivity contribution in [2.45, 2.75) is 209 Å². The Kier molecular flexibility index (Phi) is 13.4. The number of allylic oxidation sites excluding steroid dienone is 1. The molecule has 0 saturated heterocycles. The number of aliphatic hydroxyl groups is 1. The van der Waals surface area contributed by atoms with Crippen LogP contribution in [-0.2, 0) is 30.3 Å². The van der Waals surface area contributed by atoms with Crippen LogP contribution < -0.4 is 0 Å². The summed E-state index contributed by atoms with van der Waals surface area (Å²) in [5.74, 6) is 0.326. The van der Waals surface area contributed by atoms with Gasteiger partial charge in [-0.25, -0.2) is 4.79 Å². The minimum absolute atomic E-state index is 0.00801. The lowest BCUT2D eigenvalue weighted by atomic mass is 9.32. The molecule has 0 aromatic heterocycles. The molecule has 6 rings (SSSR count). The van der Waals surface area contributed by atoms with Crippen LogP contribution in [0.2, 0.25) is 5.02 Å². The third kappa shape index (κ3) is 8.78. The van der Waals surface area contributed by atoms with Crippen LogP contribution in [-0.4, -0.2) is 62.7 Å². The summed E-state index contributed by atoms with van der Waals surface area (Å²) >= 11 is 12.0. The molecule has 0 bridgehead atoms. The summed E-state index contributed by atoms with van der Waals surface area (Å²) in [6.07, 6.45) is 7.93. The van der Waals surface area contributed by atoms with E-state index in [0.717, 1.165) is 69.8 Å². The third-order valence-electron chi connectivity index (χ3n) is 17.7. The van der Waals surface area contributed by atoms with E-state index in [1.54, 1.807) is 18.7 Å². The van der Waals surface area contributed by atoms with Gasteiger partial charge in [-0.05, 0) is 171 Å². The predicted molar refractivity (Wildman–Crippen MR) is 255 cm³/mol. The molecule has 5 aliphatic carbocycles. The average Bonchev–Trinajstić information content (AvgIpc) is 3.55. The number of nitrogens with zero attached hydrogens (tertiary/aromatic N) is 1. The number of hydrogen-bond donors (Lipinski definition) is 2. The molecule has 5 aliphatic rings. The number of carbonyl (C=O) groups is 3. The zero-order valence-electron chi connectivity index (χ0n) is 41.6. The van der Waals surface area contributed by atoms with Gasteiger partial charge in [0, 0.05) is 27.1 Å². The highest BCUT2D eigenvalue weighted by Crippen LogP contribution is 2.79. The summed E-state index contributed by atoms with van der Waals surface area (Å²) in [4.78, 5) is 42.4. The van der Waals surface area contributed by atoms with Gasteiger partial charge in [0.25, 0.3) is 0 Å². The number of halogens is 1. The van der Waals surface area contributed by atoms with E-state index in [-0.39, 0.29) is 41.3 Å². The summed E-state index contributed by atoms with van der Waals surface area (Å²) in [5, 5.41) is 13.4. The van der Waals surface area contributed by atoms with Gasteiger partial charge in [0.15, 0.2) is 0 Å². The van der Waals surface area contributed by atoms with Crippen molar-refractivity contribution < 1.29 is 33.7 Å². The molecule has 1 unspecified atom stereocenters. The fourth-order valence-corrected chi connectivity index (χ4v) is 14.7. The first-order chi connectivity index (χ1) is 28.8. The summed E-state index contributed by atoms with van der Waals surface area (Å²) in [7, 11) is 0. The highest BCUT2D eigenvalue weighted by Gasteiger charge is 2.74. The van der Waals surface area contributed by atoms with E-state index in [1.165, 1.54) is 11.1 Å². The van der Waals surface area contributed by atoms with Crippen molar-refractivity contribution in [1.82, 2.24) is 4.90 Å². The molecule has 4 fully saturated rings. The fraction of sp³-hybridized carbons (Fsp3) is 0.792. The molecule has 0 spiro atoms. The molecule has 8 nitrogen and oxygen atoms in total. The van der Waals surface area contributed by atoms with Gasteiger partial charge < -0.3 is 24.2 Å². The van der Waals surface area contributed by atoms with E-state index in [1.807, 2.05) is 65.8 Å². The molecule has 0 heterocycles. The van der Waals surface area contributed by atoms with Gasteiger partial charge in [0.1, 0.15) is 17.3 Å². The molecule has 1 aromatic rings. The van der Waals surface area contributed by atoms with Crippen LogP contribution in [0.25, 0.3) is 0 Å². The Labute approximate surface area is 391 Å². The summed E-state index contributed by atoms with van der Waals surface area (Å²) < 4.78 is 17.6. The molecule has 63 heavy (non-hydrogen) atoms. The van der Waals surface area contributed by atoms with Gasteiger partial charge in [-0.3, -0.25) is 9.59 Å². The molecular weight excluding hydrogens is 830 g/mol. The summed E-state index contributed by atoms with van der Waals surface area (Å²) in [5.41, 5.74) is 0.656. The monoisotopic (exact) mass is 912 g/mol. The van der Waals surface area contributed by atoms with Crippen molar-refractivity contribution in [3.63, 3.8) is 0 Å². The molecule has 354 valence electrons. The number of benzene rings is 1. The predicted octanol–water partition coefficient (Wildman–Crippen LogP) is 13.0. The highest BCUT2D eigenvalue weighted by atomic mass is 35.5. The number of ether oxygens (including phenoxy) is 3. The molecule has 1 N–H and O–H groups in total. The van der Waals surface area contributed by atoms with Crippen LogP contribution in [0.4, 0.5) is 4.79 Å². The van der Waals surface area contributed by atoms with Gasteiger partial charge >= 0.3 is 18.0 Å². The Morgan fingerprint density at radius 2 is 1.41 bits per heavy atom. The lowest BCUT2D eigenvalue weighted by molar-refractivity contribution is -0.223. The first-order valence-electron chi connectivity index (χ1n) is 24.1. The Hall–Kier alpha value is -2.23. The fourth-order valence-electron chi connectivity index (χ4n) is 14.0. The van der Waals surface area contributed by atoms with Gasteiger partial charge in [-0.1, -0.05) is 83.3 Å². The van der Waals surface area contributed by atoms with Crippen LogP contribution >= 0.6 is 24.2 Å². The quantitative estimate of drug-likeness (QED) is 0.104. The van der Waals surface area contributed by atoms with Crippen molar-refractivity contribution in [3.8, 4) is 0 Å². The van der Waals surface area contributed by atoms with E-state index >= 15 is 0 Å². The zero-order valence-corrected chi connectivity index (χ0v) is 43.2. The average molecular weight is 913 g/mol. The maximum atomic E-state index is 13.9. The zero-order chi connectivity index (χ0) is 47.1. The van der Waals surface area contributed by atoms with Gasteiger partial charge in [-0.2, -0.15) is 12.6 Å². The standard InChI is InChI=1S/C53H82ClNO7S/c1-33(2)36-22-25-52(39(56)32-55(44(59)62-46(6,7)8)31-34-16-18-35(54)19-17-34)28-26-49(13)37(42(36)52)20-21-38-50(49,14)27-29-53(63)48(11,12)40(23-24-51(38,53)15)60-41(57)30-47(9,10)43(58)61-45(3,4)5/h16-19,33,37-40,56,63H,20-32H2,1-15H3/t37-,38+,39-,40+,49-,50-,51-,52-,53?/m1/s1. The normalized spacial score (nSPS) is 34.6. The summed E-state index contributed by atoms with van der Waals surface area (Å²) in [6.45, 7) is 32.0. The Morgan fingerprint density at radius 1 is 0.810 bits per heavy atom. The van der Waals surface area contributed by atoms with Crippen LogP contribution in [0, 0.1) is 50.2 Å². The maximum absolute atomic E-state index is 13.9. The van der Waals surface area contributed by atoms with Gasteiger partial charge in [-0.15, -0.1) is 0 Å². The van der Waals surface area contributed by atoms with Crippen molar-refractivity contribution in [2.75, 3.05) is 6.54 Å². The number of aliphatic hydroxyl groups excluding tert-OH is 1. The lowest BCUT2D eigenvalue weighted by Gasteiger charge is -2.75. The largest absolute Gasteiger partial charge is 0.462 e. The van der Waals surface area contributed by atoms with E-state index in [0.29, 0.717) is 29.3 Å². The minimum Gasteiger partial charge on any atom is -0.462 e.